The monoisotopic (exact) mass is 480 g/mol. The Labute approximate surface area is 196 Å². The van der Waals surface area contributed by atoms with Gasteiger partial charge in [-0.3, -0.25) is 9.78 Å². The molecule has 1 unspecified atom stereocenters. The third-order valence-electron chi connectivity index (χ3n) is 4.61. The van der Waals surface area contributed by atoms with Crippen molar-refractivity contribution >= 4 is 11.9 Å². The predicted octanol–water partition coefficient (Wildman–Crippen LogP) is 3.32. The molecule has 1 atom stereocenters. The van der Waals surface area contributed by atoms with Crippen LogP contribution in [0.3, 0.4) is 0 Å². The fourth-order valence-corrected chi connectivity index (χ4v) is 3.02. The molecule has 9 nitrogen and oxygen atoms in total. The molecule has 1 aromatic carbocycles. The van der Waals surface area contributed by atoms with E-state index in [1.165, 1.54) is 24.5 Å². The van der Waals surface area contributed by atoms with Gasteiger partial charge in [0.25, 0.3) is 5.91 Å². The number of nitrogens with zero attached hydrogens (tertiary/aromatic N) is 5. The quantitative estimate of drug-likeness (QED) is 0.418. The Bertz CT molecular complexity index is 1280. The molecule has 0 bridgehead atoms. The molecule has 0 saturated heterocycles. The molecule has 12 heteroatoms. The van der Waals surface area contributed by atoms with Crippen molar-refractivity contribution in [3.8, 4) is 17.4 Å². The van der Waals surface area contributed by atoms with Gasteiger partial charge < -0.3 is 10.1 Å². The van der Waals surface area contributed by atoms with Gasteiger partial charge in [-0.05, 0) is 29.8 Å². The number of pyridine rings is 1. The van der Waals surface area contributed by atoms with Crippen molar-refractivity contribution in [1.82, 2.24) is 30.5 Å². The van der Waals surface area contributed by atoms with Crippen molar-refractivity contribution < 1.29 is 27.5 Å². The van der Waals surface area contributed by atoms with Gasteiger partial charge in [-0.25, -0.2) is 9.78 Å². The summed E-state index contributed by atoms with van der Waals surface area (Å²) in [5.74, 6) is -4.50. The zero-order valence-corrected chi connectivity index (χ0v) is 17.7. The van der Waals surface area contributed by atoms with Gasteiger partial charge in [-0.1, -0.05) is 36.4 Å². The lowest BCUT2D eigenvalue weighted by molar-refractivity contribution is -0.190. The van der Waals surface area contributed by atoms with E-state index in [4.69, 9.17) is 0 Å². The number of carbonyl (C=O) groups excluding carboxylic acids is 2. The van der Waals surface area contributed by atoms with Gasteiger partial charge in [0.2, 0.25) is 5.88 Å². The van der Waals surface area contributed by atoms with Crippen LogP contribution in [0.15, 0.2) is 79.3 Å². The van der Waals surface area contributed by atoms with Crippen molar-refractivity contribution in [1.29, 1.82) is 0 Å². The Balaban J connectivity index is 1.72. The Morgan fingerprint density at radius 2 is 1.69 bits per heavy atom. The zero-order chi connectivity index (χ0) is 24.8. The van der Waals surface area contributed by atoms with Crippen LogP contribution in [0.5, 0.6) is 5.88 Å². The summed E-state index contributed by atoms with van der Waals surface area (Å²) >= 11 is 0. The number of alkyl halides is 3. The van der Waals surface area contributed by atoms with E-state index in [1.54, 1.807) is 48.5 Å². The molecule has 3 aromatic heterocycles. The number of hydrogen-bond acceptors (Lipinski definition) is 8. The molecular formula is C23H15F3N6O3. The molecule has 0 spiro atoms. The van der Waals surface area contributed by atoms with Crippen molar-refractivity contribution in [2.24, 2.45) is 0 Å². The van der Waals surface area contributed by atoms with E-state index in [1.807, 2.05) is 0 Å². The molecule has 4 aromatic rings. The molecule has 0 radical (unpaired) electrons. The van der Waals surface area contributed by atoms with E-state index < -0.39 is 35.5 Å². The Morgan fingerprint density at radius 1 is 0.914 bits per heavy atom. The number of esters is 1. The van der Waals surface area contributed by atoms with Gasteiger partial charge in [-0.2, -0.15) is 23.3 Å². The van der Waals surface area contributed by atoms with E-state index in [0.29, 0.717) is 11.3 Å². The van der Waals surface area contributed by atoms with E-state index in [0.717, 1.165) is 6.20 Å². The van der Waals surface area contributed by atoms with E-state index in [9.17, 15) is 22.8 Å². The van der Waals surface area contributed by atoms with Crippen molar-refractivity contribution in [2.45, 2.75) is 12.2 Å². The Morgan fingerprint density at radius 3 is 2.34 bits per heavy atom. The molecule has 0 aliphatic rings. The highest BCUT2D eigenvalue weighted by Gasteiger charge is 2.42. The predicted molar refractivity (Wildman–Crippen MR) is 115 cm³/mol. The highest BCUT2D eigenvalue weighted by atomic mass is 19.4. The molecule has 0 saturated carbocycles. The summed E-state index contributed by atoms with van der Waals surface area (Å²) in [7, 11) is 0. The fourth-order valence-electron chi connectivity index (χ4n) is 3.02. The van der Waals surface area contributed by atoms with Crippen LogP contribution in [-0.4, -0.2) is 43.2 Å². The normalized spacial score (nSPS) is 12.0. The lowest BCUT2D eigenvalue weighted by Crippen LogP contribution is -2.32. The first kappa shape index (κ1) is 23.4. The van der Waals surface area contributed by atoms with Crippen LogP contribution < -0.4 is 10.1 Å². The number of hydrogen-bond donors (Lipinski definition) is 1. The standard InChI is InChI=1S/C23H15F3N6O3/c24-23(25,26)22(34)35-21-15(13-28-19(31-21)17-10-6-12-29-32-17)20(33)30-18(14-7-2-1-3-8-14)16-9-4-5-11-27-16/h1-13,18H,(H,30,33). The van der Waals surface area contributed by atoms with E-state index in [2.05, 4.69) is 35.2 Å². The minimum atomic E-state index is -5.31. The molecule has 1 N–H and O–H groups in total. The molecule has 4 rings (SSSR count). The lowest BCUT2D eigenvalue weighted by Gasteiger charge is -2.19. The minimum absolute atomic E-state index is 0.0967. The molecule has 176 valence electrons. The molecule has 35 heavy (non-hydrogen) atoms. The first-order valence-corrected chi connectivity index (χ1v) is 10.0. The number of benzene rings is 1. The number of aromatic nitrogens is 5. The summed E-state index contributed by atoms with van der Waals surface area (Å²) in [6.07, 6.45) is -1.46. The molecule has 3 heterocycles. The summed E-state index contributed by atoms with van der Waals surface area (Å²) in [6, 6.07) is 16.1. The number of ether oxygens (including phenoxy) is 1. The summed E-state index contributed by atoms with van der Waals surface area (Å²) in [4.78, 5) is 36.8. The van der Waals surface area contributed by atoms with Crippen LogP contribution in [0.2, 0.25) is 0 Å². The second-order valence-corrected chi connectivity index (χ2v) is 6.98. The third kappa shape index (κ3) is 5.61. The highest BCUT2D eigenvalue weighted by molar-refractivity contribution is 5.97. The smallest absolute Gasteiger partial charge is 0.400 e. The minimum Gasteiger partial charge on any atom is -0.400 e. The van der Waals surface area contributed by atoms with Gasteiger partial charge >= 0.3 is 12.1 Å². The summed E-state index contributed by atoms with van der Waals surface area (Å²) in [5, 5.41) is 10.1. The maximum absolute atomic E-state index is 13.2. The first-order valence-electron chi connectivity index (χ1n) is 10.0. The first-order chi connectivity index (χ1) is 16.8. The topological polar surface area (TPSA) is 120 Å². The number of carbonyl (C=O) groups is 2. The van der Waals surface area contributed by atoms with Crippen LogP contribution in [0.25, 0.3) is 11.5 Å². The highest BCUT2D eigenvalue weighted by Crippen LogP contribution is 2.26. The second kappa shape index (κ2) is 10.0. The third-order valence-corrected chi connectivity index (χ3v) is 4.61. The van der Waals surface area contributed by atoms with E-state index in [-0.39, 0.29) is 11.5 Å². The largest absolute Gasteiger partial charge is 0.491 e. The van der Waals surface area contributed by atoms with Crippen LogP contribution in [0.1, 0.15) is 27.7 Å². The fraction of sp³-hybridized carbons (Fsp3) is 0.0870. The summed E-state index contributed by atoms with van der Waals surface area (Å²) < 4.78 is 43.1. The zero-order valence-electron chi connectivity index (χ0n) is 17.7. The van der Waals surface area contributed by atoms with Gasteiger partial charge in [0.05, 0.1) is 11.7 Å². The lowest BCUT2D eigenvalue weighted by atomic mass is 10.0. The average molecular weight is 480 g/mol. The molecule has 1 amide bonds. The SMILES string of the molecule is O=C(NC(c1ccccc1)c1ccccn1)c1cnc(-c2cccnn2)nc1OC(=O)C(F)(F)F. The maximum Gasteiger partial charge on any atom is 0.491 e. The van der Waals surface area contributed by atoms with Gasteiger partial charge in [0.15, 0.2) is 5.82 Å². The number of halogens is 3. The van der Waals surface area contributed by atoms with Gasteiger partial charge in [-0.15, -0.1) is 5.10 Å². The average Bonchev–Trinajstić information content (AvgIpc) is 2.88. The summed E-state index contributed by atoms with van der Waals surface area (Å²) in [5.41, 5.74) is 0.731. The molecule has 0 fully saturated rings. The van der Waals surface area contributed by atoms with Crippen LogP contribution in [0, 0.1) is 0 Å². The van der Waals surface area contributed by atoms with Crippen LogP contribution in [-0.2, 0) is 4.79 Å². The van der Waals surface area contributed by atoms with Crippen molar-refractivity contribution in [3.63, 3.8) is 0 Å². The summed E-state index contributed by atoms with van der Waals surface area (Å²) in [6.45, 7) is 0. The number of rotatable bonds is 6. The second-order valence-electron chi connectivity index (χ2n) is 6.98. The molecule has 0 aliphatic carbocycles. The van der Waals surface area contributed by atoms with Crippen molar-refractivity contribution in [3.05, 3.63) is 96.1 Å². The maximum atomic E-state index is 13.2. The number of amides is 1. The van der Waals surface area contributed by atoms with Gasteiger partial charge in [0, 0.05) is 18.6 Å². The molecule has 0 aliphatic heterocycles. The Kier molecular flexibility index (Phi) is 6.71. The molecular weight excluding hydrogens is 465 g/mol. The van der Waals surface area contributed by atoms with Crippen LogP contribution in [0.4, 0.5) is 13.2 Å². The van der Waals surface area contributed by atoms with Crippen molar-refractivity contribution in [2.75, 3.05) is 0 Å². The van der Waals surface area contributed by atoms with E-state index >= 15 is 0 Å². The van der Waals surface area contributed by atoms with Gasteiger partial charge in [0.1, 0.15) is 11.3 Å². The Hall–Kier alpha value is -4.74. The number of nitrogens with one attached hydrogen (secondary N) is 1. The van der Waals surface area contributed by atoms with Crippen LogP contribution >= 0.6 is 0 Å².